The molecule has 0 aliphatic heterocycles. The molecule has 5 nitrogen and oxygen atoms in total. The molecule has 148 valence electrons. The third kappa shape index (κ3) is 3.23. The van der Waals surface area contributed by atoms with E-state index in [1.807, 2.05) is 0 Å². The van der Waals surface area contributed by atoms with Crippen LogP contribution in [0.15, 0.2) is 53.5 Å². The van der Waals surface area contributed by atoms with E-state index in [0.717, 1.165) is 24.4 Å². The zero-order chi connectivity index (χ0) is 20.9. The monoisotopic (exact) mass is 423 g/mol. The number of H-pyrrole nitrogens is 1. The number of fused-ring (bicyclic) bond motifs is 1. The molecule has 2 N–H and O–H groups in total. The van der Waals surface area contributed by atoms with Gasteiger partial charge in [0.1, 0.15) is 17.3 Å². The number of benzene rings is 2. The van der Waals surface area contributed by atoms with E-state index in [9.17, 15) is 27.5 Å². The molecule has 2 aromatic heterocycles. The van der Waals surface area contributed by atoms with E-state index < -0.39 is 29.0 Å². The van der Waals surface area contributed by atoms with E-state index in [4.69, 9.17) is 11.6 Å². The van der Waals surface area contributed by atoms with Crippen molar-refractivity contribution in [1.82, 2.24) is 14.6 Å². The van der Waals surface area contributed by atoms with Crippen LogP contribution in [0.25, 0.3) is 27.9 Å². The van der Waals surface area contributed by atoms with Gasteiger partial charge in [-0.05, 0) is 29.8 Å². The van der Waals surface area contributed by atoms with E-state index in [2.05, 4.69) is 10.1 Å². The standard InChI is InChI=1S/C19H10ClF4N3O2/c20-10-3-1-9(2-4-10)15-16(19(22,23)24)26-27-17(15)25-8-13(18(27)29)12-6-5-11(21)7-14(12)28/h1-8,26,28H. The number of nitrogens with zero attached hydrogens (tertiary/aromatic N) is 2. The van der Waals surface area contributed by atoms with Gasteiger partial charge in [-0.2, -0.15) is 17.7 Å². The second-order valence-corrected chi connectivity index (χ2v) is 6.60. The highest BCUT2D eigenvalue weighted by Crippen LogP contribution is 2.38. The van der Waals surface area contributed by atoms with Crippen LogP contribution in [0.4, 0.5) is 17.6 Å². The van der Waals surface area contributed by atoms with Crippen molar-refractivity contribution < 1.29 is 22.7 Å². The van der Waals surface area contributed by atoms with Crippen molar-refractivity contribution in [2.75, 3.05) is 0 Å². The summed E-state index contributed by atoms with van der Waals surface area (Å²) < 4.78 is 54.8. The van der Waals surface area contributed by atoms with Crippen LogP contribution >= 0.6 is 11.6 Å². The zero-order valence-corrected chi connectivity index (χ0v) is 15.0. The van der Waals surface area contributed by atoms with E-state index in [1.54, 1.807) is 0 Å². The predicted molar refractivity (Wildman–Crippen MR) is 98.3 cm³/mol. The summed E-state index contributed by atoms with van der Waals surface area (Å²) in [6.45, 7) is 0. The first-order valence-electron chi connectivity index (χ1n) is 8.12. The van der Waals surface area contributed by atoms with Gasteiger partial charge in [-0.15, -0.1) is 0 Å². The fourth-order valence-corrected chi connectivity index (χ4v) is 3.15. The largest absolute Gasteiger partial charge is 0.507 e. The van der Waals surface area contributed by atoms with Crippen molar-refractivity contribution >= 4 is 17.2 Å². The number of aromatic hydroxyl groups is 1. The van der Waals surface area contributed by atoms with Crippen LogP contribution in [0, 0.1) is 5.82 Å². The average molecular weight is 424 g/mol. The summed E-state index contributed by atoms with van der Waals surface area (Å²) in [5.74, 6) is -1.27. The predicted octanol–water partition coefficient (Wildman–Crippen LogP) is 4.87. The summed E-state index contributed by atoms with van der Waals surface area (Å²) in [7, 11) is 0. The van der Waals surface area contributed by atoms with E-state index in [1.165, 1.54) is 24.3 Å². The van der Waals surface area contributed by atoms with E-state index in [-0.39, 0.29) is 27.9 Å². The van der Waals surface area contributed by atoms with Crippen LogP contribution in [0.2, 0.25) is 5.02 Å². The first-order chi connectivity index (χ1) is 13.7. The van der Waals surface area contributed by atoms with Gasteiger partial charge in [0.15, 0.2) is 5.65 Å². The van der Waals surface area contributed by atoms with Gasteiger partial charge in [-0.25, -0.2) is 9.37 Å². The topological polar surface area (TPSA) is 70.4 Å². The normalized spacial score (nSPS) is 11.9. The molecule has 29 heavy (non-hydrogen) atoms. The first-order valence-corrected chi connectivity index (χ1v) is 8.50. The maximum atomic E-state index is 13.6. The molecule has 0 spiro atoms. The van der Waals surface area contributed by atoms with Gasteiger partial charge in [0, 0.05) is 22.8 Å². The summed E-state index contributed by atoms with van der Waals surface area (Å²) in [4.78, 5) is 16.9. The van der Waals surface area contributed by atoms with Crippen LogP contribution in [-0.2, 0) is 6.18 Å². The maximum Gasteiger partial charge on any atom is 0.433 e. The van der Waals surface area contributed by atoms with Crippen molar-refractivity contribution in [3.05, 3.63) is 75.5 Å². The Morgan fingerprint density at radius 3 is 2.38 bits per heavy atom. The highest BCUT2D eigenvalue weighted by molar-refractivity contribution is 6.30. The van der Waals surface area contributed by atoms with Gasteiger partial charge >= 0.3 is 6.18 Å². The molecule has 10 heteroatoms. The summed E-state index contributed by atoms with van der Waals surface area (Å²) in [5, 5.41) is 12.3. The molecule has 2 aromatic carbocycles. The molecule has 0 fully saturated rings. The highest BCUT2D eigenvalue weighted by Gasteiger charge is 2.38. The zero-order valence-electron chi connectivity index (χ0n) is 14.3. The second kappa shape index (κ2) is 6.63. The minimum Gasteiger partial charge on any atom is -0.507 e. The van der Waals surface area contributed by atoms with Crippen LogP contribution < -0.4 is 5.56 Å². The highest BCUT2D eigenvalue weighted by atomic mass is 35.5. The number of alkyl halides is 3. The number of aromatic nitrogens is 3. The number of halogens is 5. The lowest BCUT2D eigenvalue weighted by molar-refractivity contribution is -0.140. The quantitative estimate of drug-likeness (QED) is 0.452. The summed E-state index contributed by atoms with van der Waals surface area (Å²) in [6.07, 6.45) is -3.76. The Morgan fingerprint density at radius 2 is 1.76 bits per heavy atom. The lowest BCUT2D eigenvalue weighted by Crippen LogP contribution is -2.18. The van der Waals surface area contributed by atoms with Gasteiger partial charge in [-0.1, -0.05) is 23.7 Å². The Bertz CT molecular complexity index is 1290. The van der Waals surface area contributed by atoms with E-state index in [0.29, 0.717) is 9.54 Å². The number of nitrogens with one attached hydrogen (secondary N) is 1. The SMILES string of the molecule is O=c1c(-c2ccc(F)cc2O)cnc2c(-c3ccc(Cl)cc3)c(C(F)(F)F)[nH]n12. The van der Waals surface area contributed by atoms with Gasteiger partial charge in [0.2, 0.25) is 0 Å². The summed E-state index contributed by atoms with van der Waals surface area (Å²) in [6, 6.07) is 8.55. The summed E-state index contributed by atoms with van der Waals surface area (Å²) in [5.41, 5.74) is -2.72. The van der Waals surface area contributed by atoms with Gasteiger partial charge < -0.3 is 5.11 Å². The average Bonchev–Trinajstić information content (AvgIpc) is 3.04. The molecule has 0 aliphatic carbocycles. The van der Waals surface area contributed by atoms with Crippen LogP contribution in [0.1, 0.15) is 5.69 Å². The van der Waals surface area contributed by atoms with Crippen LogP contribution in [0.3, 0.4) is 0 Å². The molecule has 0 radical (unpaired) electrons. The van der Waals surface area contributed by atoms with Crippen LogP contribution in [0.5, 0.6) is 5.75 Å². The van der Waals surface area contributed by atoms with Crippen molar-refractivity contribution in [3.63, 3.8) is 0 Å². The number of phenols is 1. The Labute approximate surface area is 164 Å². The van der Waals surface area contributed by atoms with E-state index >= 15 is 0 Å². The lowest BCUT2D eigenvalue weighted by Gasteiger charge is -2.07. The Morgan fingerprint density at radius 1 is 1.07 bits per heavy atom. The Hall–Kier alpha value is -3.33. The van der Waals surface area contributed by atoms with Crippen LogP contribution in [-0.4, -0.2) is 19.7 Å². The number of hydrogen-bond donors (Lipinski definition) is 2. The fourth-order valence-electron chi connectivity index (χ4n) is 3.03. The molecular formula is C19H10ClF4N3O2. The van der Waals surface area contributed by atoms with Crippen molar-refractivity contribution in [3.8, 4) is 28.0 Å². The number of hydrogen-bond acceptors (Lipinski definition) is 3. The summed E-state index contributed by atoms with van der Waals surface area (Å²) >= 11 is 5.81. The minimum atomic E-state index is -4.80. The number of aromatic amines is 1. The Kier molecular flexibility index (Phi) is 4.34. The third-order valence-corrected chi connectivity index (χ3v) is 4.58. The molecule has 2 heterocycles. The molecule has 0 aliphatic rings. The molecule has 0 saturated heterocycles. The minimum absolute atomic E-state index is 0.0606. The molecule has 0 atom stereocenters. The second-order valence-electron chi connectivity index (χ2n) is 6.16. The maximum absolute atomic E-state index is 13.6. The molecule has 0 amide bonds. The molecule has 4 aromatic rings. The van der Waals surface area contributed by atoms with Gasteiger partial charge in [0.25, 0.3) is 5.56 Å². The molecule has 0 unspecified atom stereocenters. The lowest BCUT2D eigenvalue weighted by atomic mass is 10.1. The van der Waals surface area contributed by atoms with Gasteiger partial charge in [0.05, 0.1) is 11.1 Å². The molecule has 0 bridgehead atoms. The first kappa shape index (κ1) is 19.0. The third-order valence-electron chi connectivity index (χ3n) is 4.32. The molecular weight excluding hydrogens is 414 g/mol. The smallest absolute Gasteiger partial charge is 0.433 e. The molecule has 4 rings (SSSR count). The number of phenolic OH excluding ortho intramolecular Hbond substituents is 1. The van der Waals surface area contributed by atoms with Crippen molar-refractivity contribution in [2.24, 2.45) is 0 Å². The number of rotatable bonds is 2. The van der Waals surface area contributed by atoms with Gasteiger partial charge in [-0.3, -0.25) is 9.89 Å². The van der Waals surface area contributed by atoms with Crippen molar-refractivity contribution in [2.45, 2.75) is 6.18 Å². The van der Waals surface area contributed by atoms with Crippen molar-refractivity contribution in [1.29, 1.82) is 0 Å². The molecule has 0 saturated carbocycles. The Balaban J connectivity index is 2.03. The fraction of sp³-hybridized carbons (Fsp3) is 0.0526.